The van der Waals surface area contributed by atoms with Crippen molar-refractivity contribution in [3.05, 3.63) is 65.5 Å². The van der Waals surface area contributed by atoms with Gasteiger partial charge < -0.3 is 15.4 Å². The van der Waals surface area contributed by atoms with Gasteiger partial charge in [-0.15, -0.1) is 24.0 Å². The molecule has 0 aliphatic rings. The van der Waals surface area contributed by atoms with Crippen molar-refractivity contribution in [1.29, 1.82) is 0 Å². The van der Waals surface area contributed by atoms with Crippen molar-refractivity contribution in [1.82, 2.24) is 10.6 Å². The van der Waals surface area contributed by atoms with E-state index in [1.54, 1.807) is 19.2 Å². The minimum atomic E-state index is -0.223. The fourth-order valence-corrected chi connectivity index (χ4v) is 2.23. The number of benzene rings is 2. The Hall–Kier alpha value is -1.83. The number of nitrogens with zero attached hydrogens (tertiary/aromatic N) is 1. The average Bonchev–Trinajstić information content (AvgIpc) is 2.56. The number of aliphatic imine (C=N–C) groups is 1. The van der Waals surface area contributed by atoms with Crippen LogP contribution in [0.2, 0.25) is 0 Å². The molecule has 0 saturated carbocycles. The second-order valence-corrected chi connectivity index (χ2v) is 5.68. The van der Waals surface area contributed by atoms with E-state index in [1.165, 1.54) is 6.07 Å². The van der Waals surface area contributed by atoms with Crippen molar-refractivity contribution in [3.63, 3.8) is 0 Å². The summed E-state index contributed by atoms with van der Waals surface area (Å²) in [7, 11) is 1.69. The summed E-state index contributed by atoms with van der Waals surface area (Å²) < 4.78 is 19.3. The van der Waals surface area contributed by atoms with E-state index in [2.05, 4.69) is 15.6 Å². The molecule has 2 aromatic carbocycles. The Labute approximate surface area is 165 Å². The molecule has 0 spiro atoms. The van der Waals surface area contributed by atoms with Crippen LogP contribution >= 0.6 is 24.0 Å². The van der Waals surface area contributed by atoms with Crippen molar-refractivity contribution in [3.8, 4) is 5.75 Å². The van der Waals surface area contributed by atoms with E-state index in [4.69, 9.17) is 4.74 Å². The quantitative estimate of drug-likeness (QED) is 0.390. The van der Waals surface area contributed by atoms with Gasteiger partial charge in [-0.25, -0.2) is 4.39 Å². The minimum Gasteiger partial charge on any atom is -0.491 e. The lowest BCUT2D eigenvalue weighted by molar-refractivity contribution is 0.242. The Morgan fingerprint density at radius 3 is 2.48 bits per heavy atom. The highest BCUT2D eigenvalue weighted by molar-refractivity contribution is 14.0. The molecule has 25 heavy (non-hydrogen) atoms. The molecule has 2 aromatic rings. The molecular weight excluding hydrogens is 432 g/mol. The first-order valence-corrected chi connectivity index (χ1v) is 8.02. The van der Waals surface area contributed by atoms with Gasteiger partial charge in [0.1, 0.15) is 11.6 Å². The van der Waals surface area contributed by atoms with E-state index in [1.807, 2.05) is 44.2 Å². The summed E-state index contributed by atoms with van der Waals surface area (Å²) in [6, 6.07) is 14.6. The van der Waals surface area contributed by atoms with Crippen LogP contribution in [0.3, 0.4) is 0 Å². The van der Waals surface area contributed by atoms with Gasteiger partial charge in [0, 0.05) is 25.7 Å². The molecule has 0 aliphatic heterocycles. The fraction of sp³-hybridized carbons (Fsp3) is 0.316. The lowest BCUT2D eigenvalue weighted by Gasteiger charge is -2.14. The van der Waals surface area contributed by atoms with Crippen molar-refractivity contribution >= 4 is 29.9 Å². The standard InChI is InChI=1S/C19H24FN3O.HI/c1-14(2)24-17-9-6-7-15(11-17)12-22-19(21-3)23-13-16-8-4-5-10-18(16)20;/h4-11,14H,12-13H2,1-3H3,(H2,21,22,23);1H. The molecule has 0 aromatic heterocycles. The van der Waals surface area contributed by atoms with Gasteiger partial charge >= 0.3 is 0 Å². The van der Waals surface area contributed by atoms with Crippen LogP contribution < -0.4 is 15.4 Å². The third kappa shape index (κ3) is 7.29. The third-order valence-electron chi connectivity index (χ3n) is 3.36. The first-order chi connectivity index (χ1) is 11.6. The number of hydrogen-bond acceptors (Lipinski definition) is 2. The molecule has 6 heteroatoms. The number of rotatable bonds is 6. The van der Waals surface area contributed by atoms with Crippen LogP contribution in [0.5, 0.6) is 5.75 Å². The van der Waals surface area contributed by atoms with Gasteiger partial charge in [0.25, 0.3) is 0 Å². The van der Waals surface area contributed by atoms with Gasteiger partial charge in [-0.2, -0.15) is 0 Å². The highest BCUT2D eigenvalue weighted by Crippen LogP contribution is 2.14. The zero-order valence-corrected chi connectivity index (χ0v) is 17.1. The van der Waals surface area contributed by atoms with Crippen LogP contribution in [0, 0.1) is 5.82 Å². The summed E-state index contributed by atoms with van der Waals surface area (Å²) in [4.78, 5) is 4.16. The molecule has 2 N–H and O–H groups in total. The molecule has 2 rings (SSSR count). The lowest BCUT2D eigenvalue weighted by Crippen LogP contribution is -2.36. The maximum absolute atomic E-state index is 13.6. The van der Waals surface area contributed by atoms with Gasteiger partial charge in [0.05, 0.1) is 6.10 Å². The summed E-state index contributed by atoms with van der Waals surface area (Å²) in [5, 5.41) is 6.33. The average molecular weight is 457 g/mol. The number of guanidine groups is 1. The summed E-state index contributed by atoms with van der Waals surface area (Å²) in [5.41, 5.74) is 1.69. The second kappa shape index (κ2) is 10.9. The second-order valence-electron chi connectivity index (χ2n) is 5.68. The normalized spacial score (nSPS) is 11.0. The molecule has 4 nitrogen and oxygen atoms in total. The van der Waals surface area contributed by atoms with Crippen molar-refractivity contribution in [2.45, 2.75) is 33.0 Å². The first-order valence-electron chi connectivity index (χ1n) is 8.02. The topological polar surface area (TPSA) is 45.7 Å². The largest absolute Gasteiger partial charge is 0.491 e. The SMILES string of the molecule is CN=C(NCc1cccc(OC(C)C)c1)NCc1ccccc1F.I. The van der Waals surface area contributed by atoms with Crippen LogP contribution in [0.15, 0.2) is 53.5 Å². The van der Waals surface area contributed by atoms with Gasteiger partial charge in [-0.05, 0) is 37.6 Å². The molecule has 136 valence electrons. The van der Waals surface area contributed by atoms with Crippen LogP contribution in [0.25, 0.3) is 0 Å². The zero-order valence-electron chi connectivity index (χ0n) is 14.8. The molecule has 0 atom stereocenters. The van der Waals surface area contributed by atoms with Crippen molar-refractivity contribution in [2.24, 2.45) is 4.99 Å². The maximum atomic E-state index is 13.6. The predicted molar refractivity (Wildman–Crippen MR) is 111 cm³/mol. The first kappa shape index (κ1) is 21.2. The Bertz CT molecular complexity index is 692. The molecule has 0 unspecified atom stereocenters. The molecule has 0 aliphatic carbocycles. The van der Waals surface area contributed by atoms with Gasteiger partial charge in [-0.1, -0.05) is 30.3 Å². The fourth-order valence-electron chi connectivity index (χ4n) is 2.23. The third-order valence-corrected chi connectivity index (χ3v) is 3.36. The van der Waals surface area contributed by atoms with E-state index >= 15 is 0 Å². The Morgan fingerprint density at radius 2 is 1.80 bits per heavy atom. The number of nitrogens with one attached hydrogen (secondary N) is 2. The Kier molecular flexibility index (Phi) is 9.26. The van der Waals surface area contributed by atoms with Gasteiger partial charge in [0.15, 0.2) is 5.96 Å². The molecule has 0 fully saturated rings. The highest BCUT2D eigenvalue weighted by atomic mass is 127. The number of ether oxygens (including phenoxy) is 1. The zero-order chi connectivity index (χ0) is 17.4. The number of halogens is 2. The van der Waals surface area contributed by atoms with Crippen LogP contribution in [0.4, 0.5) is 4.39 Å². The van der Waals surface area contributed by atoms with Gasteiger partial charge in [-0.3, -0.25) is 4.99 Å². The molecule has 0 saturated heterocycles. The molecular formula is C19H25FIN3O. The summed E-state index contributed by atoms with van der Waals surface area (Å²) in [6.45, 7) is 4.98. The van der Waals surface area contributed by atoms with Crippen LogP contribution in [0.1, 0.15) is 25.0 Å². The highest BCUT2D eigenvalue weighted by Gasteiger charge is 2.04. The monoisotopic (exact) mass is 457 g/mol. The molecule has 0 amide bonds. The molecule has 0 bridgehead atoms. The van der Waals surface area contributed by atoms with E-state index < -0.39 is 0 Å². The van der Waals surface area contributed by atoms with Crippen molar-refractivity contribution in [2.75, 3.05) is 7.05 Å². The van der Waals surface area contributed by atoms with Crippen molar-refractivity contribution < 1.29 is 9.13 Å². The van der Waals surface area contributed by atoms with E-state index in [0.29, 0.717) is 24.6 Å². The van der Waals surface area contributed by atoms with Crippen LogP contribution in [-0.2, 0) is 13.1 Å². The summed E-state index contributed by atoms with van der Waals surface area (Å²) in [5.74, 6) is 1.24. The smallest absolute Gasteiger partial charge is 0.191 e. The van der Waals surface area contributed by atoms with E-state index in [-0.39, 0.29) is 35.9 Å². The number of hydrogen-bond donors (Lipinski definition) is 2. The maximum Gasteiger partial charge on any atom is 0.191 e. The lowest BCUT2D eigenvalue weighted by atomic mass is 10.2. The van der Waals surface area contributed by atoms with E-state index in [9.17, 15) is 4.39 Å². The Balaban J connectivity index is 0.00000312. The van der Waals surface area contributed by atoms with E-state index in [0.717, 1.165) is 11.3 Å². The van der Waals surface area contributed by atoms with Gasteiger partial charge in [0.2, 0.25) is 0 Å². The summed E-state index contributed by atoms with van der Waals surface area (Å²) >= 11 is 0. The molecule has 0 heterocycles. The molecule has 0 radical (unpaired) electrons. The Morgan fingerprint density at radius 1 is 1.08 bits per heavy atom. The predicted octanol–water partition coefficient (Wildman–Crippen LogP) is 4.10. The van der Waals surface area contributed by atoms with Crippen LogP contribution in [-0.4, -0.2) is 19.1 Å². The summed E-state index contributed by atoms with van der Waals surface area (Å²) in [6.07, 6.45) is 0.142. The minimum absolute atomic E-state index is 0.